The first-order valence-electron chi connectivity index (χ1n) is 4.81. The van der Waals surface area contributed by atoms with Crippen LogP contribution in [0.2, 0.25) is 0 Å². The topological polar surface area (TPSA) is 37.3 Å². The molecule has 0 aromatic rings. The highest BCUT2D eigenvalue weighted by Gasteiger charge is 2.41. The molecule has 0 aromatic carbocycles. The zero-order chi connectivity index (χ0) is 9.90. The SMILES string of the molecule is CCS[C@@]1(C[C@H](C)O)CCCS1=O. The van der Waals surface area contributed by atoms with Crippen molar-refractivity contribution in [1.82, 2.24) is 0 Å². The first kappa shape index (κ1) is 11.5. The Balaban J connectivity index is 2.68. The van der Waals surface area contributed by atoms with Crippen molar-refractivity contribution in [3.05, 3.63) is 0 Å². The molecule has 1 saturated heterocycles. The van der Waals surface area contributed by atoms with Crippen LogP contribution in [0.1, 0.15) is 33.1 Å². The van der Waals surface area contributed by atoms with Crippen LogP contribution < -0.4 is 0 Å². The van der Waals surface area contributed by atoms with Gasteiger partial charge in [0, 0.05) is 16.6 Å². The third kappa shape index (κ3) is 2.70. The van der Waals surface area contributed by atoms with Gasteiger partial charge in [-0.15, -0.1) is 11.8 Å². The standard InChI is InChI=1S/C9H18O2S2/c1-3-12-9(7-8(2)10)5-4-6-13(9)11/h8,10H,3-7H2,1-2H3/t8-,9-,13?/m0/s1. The van der Waals surface area contributed by atoms with Crippen molar-refractivity contribution in [3.8, 4) is 0 Å². The second-order valence-corrected chi connectivity index (χ2v) is 7.34. The molecule has 2 nitrogen and oxygen atoms in total. The molecule has 1 aliphatic rings. The monoisotopic (exact) mass is 222 g/mol. The summed E-state index contributed by atoms with van der Waals surface area (Å²) in [6, 6.07) is 0. The lowest BCUT2D eigenvalue weighted by Gasteiger charge is -2.27. The minimum absolute atomic E-state index is 0.136. The van der Waals surface area contributed by atoms with Crippen LogP contribution in [0.15, 0.2) is 0 Å². The van der Waals surface area contributed by atoms with E-state index in [0.717, 1.165) is 24.3 Å². The summed E-state index contributed by atoms with van der Waals surface area (Å²) in [5.41, 5.74) is 0. The van der Waals surface area contributed by atoms with Crippen LogP contribution in [0.4, 0.5) is 0 Å². The Morgan fingerprint density at radius 2 is 2.38 bits per heavy atom. The van der Waals surface area contributed by atoms with Gasteiger partial charge >= 0.3 is 0 Å². The quantitative estimate of drug-likeness (QED) is 0.787. The minimum atomic E-state index is -0.737. The van der Waals surface area contributed by atoms with Crippen molar-refractivity contribution in [3.63, 3.8) is 0 Å². The summed E-state index contributed by atoms with van der Waals surface area (Å²) in [7, 11) is -0.737. The smallest absolute Gasteiger partial charge is 0.0933 e. The van der Waals surface area contributed by atoms with E-state index in [-0.39, 0.29) is 10.2 Å². The van der Waals surface area contributed by atoms with Gasteiger partial charge in [0.2, 0.25) is 0 Å². The Kier molecular flexibility index (Phi) is 4.26. The van der Waals surface area contributed by atoms with E-state index in [0.29, 0.717) is 6.42 Å². The first-order chi connectivity index (χ1) is 6.10. The third-order valence-corrected chi connectivity index (χ3v) is 6.27. The summed E-state index contributed by atoms with van der Waals surface area (Å²) in [6.07, 6.45) is 2.40. The van der Waals surface area contributed by atoms with Gasteiger partial charge < -0.3 is 5.11 Å². The van der Waals surface area contributed by atoms with Gasteiger partial charge in [0.25, 0.3) is 0 Å². The fourth-order valence-corrected chi connectivity index (χ4v) is 5.76. The molecule has 0 amide bonds. The van der Waals surface area contributed by atoms with E-state index in [1.807, 2.05) is 0 Å². The lowest BCUT2D eigenvalue weighted by Crippen LogP contribution is -2.30. The summed E-state index contributed by atoms with van der Waals surface area (Å²) in [4.78, 5) is 0. The first-order valence-corrected chi connectivity index (χ1v) is 7.11. The van der Waals surface area contributed by atoms with Crippen LogP contribution in [0.3, 0.4) is 0 Å². The minimum Gasteiger partial charge on any atom is -0.393 e. The molecule has 1 heterocycles. The van der Waals surface area contributed by atoms with Crippen LogP contribution in [-0.4, -0.2) is 31.0 Å². The Morgan fingerprint density at radius 1 is 1.69 bits per heavy atom. The number of rotatable bonds is 4. The average Bonchev–Trinajstić information content (AvgIpc) is 2.32. The fraction of sp³-hybridized carbons (Fsp3) is 1.00. The number of aliphatic hydroxyl groups excluding tert-OH is 1. The maximum atomic E-state index is 11.8. The van der Waals surface area contributed by atoms with E-state index in [4.69, 9.17) is 0 Å². The largest absolute Gasteiger partial charge is 0.393 e. The Bertz CT molecular complexity index is 194. The van der Waals surface area contributed by atoms with E-state index in [9.17, 15) is 9.32 Å². The predicted octanol–water partition coefficient (Wildman–Crippen LogP) is 1.75. The highest BCUT2D eigenvalue weighted by atomic mass is 32.2. The molecule has 0 radical (unpaired) electrons. The molecule has 1 aliphatic heterocycles. The number of aliphatic hydroxyl groups is 1. The van der Waals surface area contributed by atoms with Crippen molar-refractivity contribution in [2.24, 2.45) is 0 Å². The van der Waals surface area contributed by atoms with Gasteiger partial charge in [0.05, 0.1) is 10.2 Å². The molecule has 0 aliphatic carbocycles. The summed E-state index contributed by atoms with van der Waals surface area (Å²) < 4.78 is 11.7. The van der Waals surface area contributed by atoms with E-state index in [1.165, 1.54) is 0 Å². The van der Waals surface area contributed by atoms with E-state index in [1.54, 1.807) is 18.7 Å². The molecule has 1 N–H and O–H groups in total. The van der Waals surface area contributed by atoms with Crippen molar-refractivity contribution in [2.75, 3.05) is 11.5 Å². The molecule has 3 atom stereocenters. The zero-order valence-corrected chi connectivity index (χ0v) is 9.92. The van der Waals surface area contributed by atoms with E-state index in [2.05, 4.69) is 6.92 Å². The van der Waals surface area contributed by atoms with Gasteiger partial charge in [-0.1, -0.05) is 6.92 Å². The highest BCUT2D eigenvalue weighted by molar-refractivity contribution is 8.12. The molecule has 13 heavy (non-hydrogen) atoms. The second-order valence-electron chi connectivity index (χ2n) is 3.55. The average molecular weight is 222 g/mol. The summed E-state index contributed by atoms with van der Waals surface area (Å²) in [5.74, 6) is 1.80. The van der Waals surface area contributed by atoms with Crippen molar-refractivity contribution in [1.29, 1.82) is 0 Å². The summed E-state index contributed by atoms with van der Waals surface area (Å²) >= 11 is 1.76. The van der Waals surface area contributed by atoms with Gasteiger partial charge in [-0.2, -0.15) is 0 Å². The molecule has 1 unspecified atom stereocenters. The van der Waals surface area contributed by atoms with Crippen molar-refractivity contribution >= 4 is 22.6 Å². The molecule has 0 spiro atoms. The molecule has 1 rings (SSSR count). The number of hydrogen-bond donors (Lipinski definition) is 1. The predicted molar refractivity (Wildman–Crippen MR) is 59.4 cm³/mol. The zero-order valence-electron chi connectivity index (χ0n) is 8.28. The molecule has 0 saturated carbocycles. The van der Waals surface area contributed by atoms with Crippen molar-refractivity contribution < 1.29 is 9.32 Å². The Hall–Kier alpha value is 0.460. The molecule has 0 aromatic heterocycles. The molecule has 0 bridgehead atoms. The third-order valence-electron chi connectivity index (χ3n) is 2.32. The van der Waals surface area contributed by atoms with Gasteiger partial charge in [-0.3, -0.25) is 4.21 Å². The Morgan fingerprint density at radius 3 is 2.77 bits per heavy atom. The molecule has 1 fully saturated rings. The molecular weight excluding hydrogens is 204 g/mol. The number of hydrogen-bond acceptors (Lipinski definition) is 3. The van der Waals surface area contributed by atoms with Crippen molar-refractivity contribution in [2.45, 2.75) is 43.3 Å². The van der Waals surface area contributed by atoms with E-state index < -0.39 is 10.8 Å². The maximum Gasteiger partial charge on any atom is 0.0933 e. The summed E-state index contributed by atoms with van der Waals surface area (Å²) in [5, 5.41) is 9.37. The number of thioether (sulfide) groups is 1. The molecular formula is C9H18O2S2. The lowest BCUT2D eigenvalue weighted by atomic mass is 10.1. The normalized spacial score (nSPS) is 36.4. The van der Waals surface area contributed by atoms with Gasteiger partial charge in [0.1, 0.15) is 0 Å². The molecule has 4 heteroatoms. The van der Waals surface area contributed by atoms with Gasteiger partial charge in [-0.05, 0) is 31.9 Å². The Labute approximate surface area is 86.9 Å². The maximum absolute atomic E-state index is 11.8. The van der Waals surface area contributed by atoms with Gasteiger partial charge in [-0.25, -0.2) is 0 Å². The summed E-state index contributed by atoms with van der Waals surface area (Å²) in [6.45, 7) is 3.87. The lowest BCUT2D eigenvalue weighted by molar-refractivity contribution is 0.179. The van der Waals surface area contributed by atoms with Crippen LogP contribution in [0.5, 0.6) is 0 Å². The molecule has 78 valence electrons. The van der Waals surface area contributed by atoms with Crippen LogP contribution in [-0.2, 0) is 10.8 Å². The fourth-order valence-electron chi connectivity index (χ4n) is 1.88. The highest BCUT2D eigenvalue weighted by Crippen LogP contribution is 2.42. The van der Waals surface area contributed by atoms with Crippen LogP contribution >= 0.6 is 11.8 Å². The van der Waals surface area contributed by atoms with E-state index >= 15 is 0 Å². The van der Waals surface area contributed by atoms with Gasteiger partial charge in [0.15, 0.2) is 0 Å². The second kappa shape index (κ2) is 4.80. The van der Waals surface area contributed by atoms with Crippen LogP contribution in [0, 0.1) is 0 Å². The van der Waals surface area contributed by atoms with Crippen LogP contribution in [0.25, 0.3) is 0 Å².